The minimum atomic E-state index is -3.08. The number of nitrogens with one attached hydrogen (secondary N) is 1. The van der Waals surface area contributed by atoms with Gasteiger partial charge in [0.15, 0.2) is 0 Å². The van der Waals surface area contributed by atoms with E-state index < -0.39 is 21.8 Å². The summed E-state index contributed by atoms with van der Waals surface area (Å²) in [6.45, 7) is 0.373. The molecule has 0 rings (SSSR count). The number of carboxylic acid groups (broad SMARTS) is 1. The van der Waals surface area contributed by atoms with Crippen LogP contribution in [-0.2, 0) is 14.6 Å². The number of carboxylic acids is 1. The third kappa shape index (κ3) is 9.61. The Balaban J connectivity index is 3.78. The van der Waals surface area contributed by atoms with Crippen LogP contribution in [-0.4, -0.2) is 62.6 Å². The number of rotatable bonds is 7. The molecule has 0 aromatic carbocycles. The average molecular weight is 266 g/mol. The smallest absolute Gasteiger partial charge is 0.317 e. The zero-order valence-electron chi connectivity index (χ0n) is 9.97. The number of hydrogen-bond donors (Lipinski definition) is 2. The van der Waals surface area contributed by atoms with Gasteiger partial charge in [-0.1, -0.05) is 0 Å². The van der Waals surface area contributed by atoms with Gasteiger partial charge in [-0.15, -0.1) is 0 Å². The van der Waals surface area contributed by atoms with E-state index in [2.05, 4.69) is 5.32 Å². The van der Waals surface area contributed by atoms with Crippen LogP contribution in [0.25, 0.3) is 0 Å². The molecule has 0 saturated heterocycles. The molecule has 17 heavy (non-hydrogen) atoms. The highest BCUT2D eigenvalue weighted by atomic mass is 32.2. The second-order valence-electron chi connectivity index (χ2n) is 3.78. The SMILES string of the molecule is CN(CCCC(=O)O)C(=O)NCCS(C)(=O)=O. The normalized spacial score (nSPS) is 10.9. The van der Waals surface area contributed by atoms with Crippen molar-refractivity contribution in [3.05, 3.63) is 0 Å². The molecule has 0 aliphatic heterocycles. The molecule has 0 atom stereocenters. The highest BCUT2D eigenvalue weighted by Crippen LogP contribution is 1.93. The van der Waals surface area contributed by atoms with Gasteiger partial charge in [0.2, 0.25) is 0 Å². The lowest BCUT2D eigenvalue weighted by molar-refractivity contribution is -0.137. The van der Waals surface area contributed by atoms with Crippen molar-refractivity contribution in [1.82, 2.24) is 10.2 Å². The topological polar surface area (TPSA) is 104 Å². The van der Waals surface area contributed by atoms with Crippen molar-refractivity contribution in [2.75, 3.05) is 32.1 Å². The number of aliphatic carboxylic acids is 1. The summed E-state index contributed by atoms with van der Waals surface area (Å²) in [7, 11) is -1.56. The van der Waals surface area contributed by atoms with E-state index in [1.54, 1.807) is 0 Å². The Kier molecular flexibility index (Phi) is 6.55. The lowest BCUT2D eigenvalue weighted by Gasteiger charge is -2.17. The van der Waals surface area contributed by atoms with Crippen LogP contribution in [0.2, 0.25) is 0 Å². The van der Waals surface area contributed by atoms with E-state index in [9.17, 15) is 18.0 Å². The van der Waals surface area contributed by atoms with Crippen molar-refractivity contribution in [3.63, 3.8) is 0 Å². The first-order chi connectivity index (χ1) is 7.72. The summed E-state index contributed by atoms with van der Waals surface area (Å²) in [5.74, 6) is -1.02. The van der Waals surface area contributed by atoms with Gasteiger partial charge in [0, 0.05) is 32.8 Å². The maximum absolute atomic E-state index is 11.4. The zero-order valence-corrected chi connectivity index (χ0v) is 10.8. The fourth-order valence-corrected chi connectivity index (χ4v) is 1.52. The van der Waals surface area contributed by atoms with Crippen molar-refractivity contribution in [1.29, 1.82) is 0 Å². The fourth-order valence-electron chi connectivity index (χ4n) is 1.05. The predicted octanol–water partition coefficient (Wildman–Crippen LogP) is -0.463. The van der Waals surface area contributed by atoms with Gasteiger partial charge in [0.05, 0.1) is 5.75 Å². The summed E-state index contributed by atoms with van der Waals surface area (Å²) in [5, 5.41) is 10.8. The number of carbonyl (C=O) groups excluding carboxylic acids is 1. The number of carbonyl (C=O) groups is 2. The predicted molar refractivity (Wildman–Crippen MR) is 62.6 cm³/mol. The van der Waals surface area contributed by atoms with Crippen LogP contribution in [0.3, 0.4) is 0 Å². The molecule has 0 unspecified atom stereocenters. The lowest BCUT2D eigenvalue weighted by atomic mass is 10.3. The van der Waals surface area contributed by atoms with Crippen LogP contribution in [0.15, 0.2) is 0 Å². The number of nitrogens with zero attached hydrogens (tertiary/aromatic N) is 1. The van der Waals surface area contributed by atoms with E-state index in [4.69, 9.17) is 5.11 Å². The molecule has 0 heterocycles. The maximum atomic E-state index is 11.4. The Morgan fingerprint density at radius 1 is 1.35 bits per heavy atom. The third-order valence-corrected chi connectivity index (χ3v) is 2.93. The molecule has 0 bridgehead atoms. The van der Waals surface area contributed by atoms with Gasteiger partial charge in [-0.05, 0) is 6.42 Å². The van der Waals surface area contributed by atoms with Crippen molar-refractivity contribution in [3.8, 4) is 0 Å². The Hall–Kier alpha value is -1.31. The Bertz CT molecular complexity index is 366. The van der Waals surface area contributed by atoms with Gasteiger partial charge in [0.25, 0.3) is 0 Å². The zero-order chi connectivity index (χ0) is 13.5. The largest absolute Gasteiger partial charge is 0.481 e. The van der Waals surface area contributed by atoms with E-state index in [1.807, 2.05) is 0 Å². The molecule has 0 aromatic rings. The molecule has 2 amide bonds. The second kappa shape index (κ2) is 7.10. The highest BCUT2D eigenvalue weighted by molar-refractivity contribution is 7.90. The second-order valence-corrected chi connectivity index (χ2v) is 6.04. The van der Waals surface area contributed by atoms with Crippen molar-refractivity contribution < 1.29 is 23.1 Å². The minimum absolute atomic E-state index is 0.000952. The van der Waals surface area contributed by atoms with Crippen LogP contribution < -0.4 is 5.32 Å². The van der Waals surface area contributed by atoms with Gasteiger partial charge >= 0.3 is 12.0 Å². The molecule has 0 aliphatic carbocycles. The fraction of sp³-hybridized carbons (Fsp3) is 0.778. The summed E-state index contributed by atoms with van der Waals surface area (Å²) in [5.41, 5.74) is 0. The molecular formula is C9H18N2O5S. The summed E-state index contributed by atoms with van der Waals surface area (Å²) in [6, 6.07) is -0.404. The standard InChI is InChI=1S/C9H18N2O5S/c1-11(6-3-4-8(12)13)9(14)10-5-7-17(2,15)16/h3-7H2,1-2H3,(H,10,14)(H,12,13). The molecule has 8 heteroatoms. The van der Waals surface area contributed by atoms with Crippen LogP contribution in [0.5, 0.6) is 0 Å². The van der Waals surface area contributed by atoms with E-state index in [1.165, 1.54) is 11.9 Å². The molecule has 0 spiro atoms. The third-order valence-electron chi connectivity index (χ3n) is 1.98. The molecule has 2 N–H and O–H groups in total. The summed E-state index contributed by atoms with van der Waals surface area (Å²) >= 11 is 0. The molecule has 0 saturated carbocycles. The number of sulfone groups is 1. The minimum Gasteiger partial charge on any atom is -0.481 e. The van der Waals surface area contributed by atoms with E-state index in [-0.39, 0.29) is 18.7 Å². The van der Waals surface area contributed by atoms with E-state index in [0.29, 0.717) is 13.0 Å². The first-order valence-corrected chi connectivity index (χ1v) is 7.17. The van der Waals surface area contributed by atoms with Crippen molar-refractivity contribution >= 4 is 21.8 Å². The molecule has 100 valence electrons. The molecule has 0 fully saturated rings. The molecular weight excluding hydrogens is 248 g/mol. The van der Waals surface area contributed by atoms with Crippen LogP contribution in [0.4, 0.5) is 4.79 Å². The van der Waals surface area contributed by atoms with E-state index >= 15 is 0 Å². The number of hydrogen-bond acceptors (Lipinski definition) is 4. The lowest BCUT2D eigenvalue weighted by Crippen LogP contribution is -2.39. The van der Waals surface area contributed by atoms with Gasteiger partial charge in [-0.2, -0.15) is 0 Å². The monoisotopic (exact) mass is 266 g/mol. The molecule has 7 nitrogen and oxygen atoms in total. The number of urea groups is 1. The molecule has 0 aromatic heterocycles. The Morgan fingerprint density at radius 2 is 1.94 bits per heavy atom. The van der Waals surface area contributed by atoms with Crippen molar-refractivity contribution in [2.24, 2.45) is 0 Å². The quantitative estimate of drug-likeness (QED) is 0.648. The van der Waals surface area contributed by atoms with E-state index in [0.717, 1.165) is 6.26 Å². The Morgan fingerprint density at radius 3 is 2.41 bits per heavy atom. The summed E-state index contributed by atoms with van der Waals surface area (Å²) in [6.07, 6.45) is 1.46. The maximum Gasteiger partial charge on any atom is 0.317 e. The van der Waals surface area contributed by atoms with Gasteiger partial charge in [0.1, 0.15) is 9.84 Å². The van der Waals surface area contributed by atoms with Gasteiger partial charge in [-0.3, -0.25) is 4.79 Å². The average Bonchev–Trinajstić information content (AvgIpc) is 2.14. The molecule has 0 aliphatic rings. The van der Waals surface area contributed by atoms with Crippen LogP contribution in [0.1, 0.15) is 12.8 Å². The molecule has 0 radical (unpaired) electrons. The van der Waals surface area contributed by atoms with Gasteiger partial charge < -0.3 is 15.3 Å². The number of amides is 2. The first-order valence-electron chi connectivity index (χ1n) is 5.11. The highest BCUT2D eigenvalue weighted by Gasteiger charge is 2.09. The summed E-state index contributed by atoms with van der Waals surface area (Å²) < 4.78 is 21.6. The Labute approximate surface area is 101 Å². The summed E-state index contributed by atoms with van der Waals surface area (Å²) in [4.78, 5) is 22.9. The van der Waals surface area contributed by atoms with Gasteiger partial charge in [-0.25, -0.2) is 13.2 Å². The van der Waals surface area contributed by atoms with Crippen LogP contribution >= 0.6 is 0 Å². The van der Waals surface area contributed by atoms with Crippen LogP contribution in [0, 0.1) is 0 Å². The van der Waals surface area contributed by atoms with Crippen molar-refractivity contribution in [2.45, 2.75) is 12.8 Å². The first kappa shape index (κ1) is 15.7.